The average Bonchev–Trinajstić information content (AvgIpc) is 3.38. The van der Waals surface area contributed by atoms with Crippen LogP contribution in [0.25, 0.3) is 0 Å². The van der Waals surface area contributed by atoms with Crippen LogP contribution in [0.1, 0.15) is 41.4 Å². The van der Waals surface area contributed by atoms with Gasteiger partial charge in [-0.2, -0.15) is 0 Å². The molecule has 0 saturated heterocycles. The van der Waals surface area contributed by atoms with Gasteiger partial charge >= 0.3 is 0 Å². The van der Waals surface area contributed by atoms with Crippen molar-refractivity contribution >= 4 is 17.5 Å². The number of nitrogens with zero attached hydrogens (tertiary/aromatic N) is 1. The fourth-order valence-corrected chi connectivity index (χ4v) is 3.30. The quantitative estimate of drug-likeness (QED) is 0.751. The molecule has 1 aromatic carbocycles. The number of methoxy groups -OCH3 is 1. The van der Waals surface area contributed by atoms with E-state index in [4.69, 9.17) is 4.74 Å². The molecule has 1 saturated carbocycles. The first-order valence-corrected chi connectivity index (χ1v) is 8.44. The molecule has 0 aliphatic heterocycles. The summed E-state index contributed by atoms with van der Waals surface area (Å²) in [6.45, 7) is 2.04. The maximum absolute atomic E-state index is 12.5. The highest BCUT2D eigenvalue weighted by atomic mass is 32.2. The number of aromatic nitrogens is 1. The van der Waals surface area contributed by atoms with Crippen LogP contribution in [0.2, 0.25) is 0 Å². The Labute approximate surface area is 135 Å². The molecule has 0 spiro atoms. The van der Waals surface area contributed by atoms with E-state index in [2.05, 4.69) is 4.98 Å². The van der Waals surface area contributed by atoms with Crippen molar-refractivity contribution in [3.8, 4) is 5.88 Å². The number of hydrogen-bond donors (Lipinski definition) is 0. The van der Waals surface area contributed by atoms with Crippen LogP contribution in [0.3, 0.4) is 0 Å². The van der Waals surface area contributed by atoms with Crippen LogP contribution in [-0.2, 0) is 6.42 Å². The molecule has 22 heavy (non-hydrogen) atoms. The Morgan fingerprint density at radius 1 is 1.23 bits per heavy atom. The van der Waals surface area contributed by atoms with E-state index in [0.717, 1.165) is 17.2 Å². The second-order valence-corrected chi connectivity index (χ2v) is 6.76. The Bertz CT molecular complexity index is 678. The number of ether oxygens (including phenoxy) is 1. The van der Waals surface area contributed by atoms with Gasteiger partial charge in [-0.3, -0.25) is 4.79 Å². The summed E-state index contributed by atoms with van der Waals surface area (Å²) >= 11 is 1.89. The van der Waals surface area contributed by atoms with Crippen molar-refractivity contribution in [3.05, 3.63) is 53.2 Å². The smallest absolute Gasteiger partial charge is 0.216 e. The summed E-state index contributed by atoms with van der Waals surface area (Å²) in [6, 6.07) is 11.5. The van der Waals surface area contributed by atoms with E-state index in [9.17, 15) is 4.79 Å². The number of thioether (sulfide) groups is 1. The molecule has 0 unspecified atom stereocenters. The number of pyridine rings is 1. The van der Waals surface area contributed by atoms with Gasteiger partial charge in [0.15, 0.2) is 0 Å². The van der Waals surface area contributed by atoms with Crippen molar-refractivity contribution in [2.24, 2.45) is 0 Å². The lowest BCUT2D eigenvalue weighted by Crippen LogP contribution is -2.06. The summed E-state index contributed by atoms with van der Waals surface area (Å²) in [4.78, 5) is 18.1. The molecule has 2 aromatic rings. The molecule has 0 atom stereocenters. The average molecular weight is 313 g/mol. The second-order valence-electron chi connectivity index (χ2n) is 5.39. The van der Waals surface area contributed by atoms with Crippen molar-refractivity contribution in [1.29, 1.82) is 0 Å². The van der Waals surface area contributed by atoms with Gasteiger partial charge in [-0.15, -0.1) is 11.8 Å². The van der Waals surface area contributed by atoms with E-state index in [1.165, 1.54) is 17.7 Å². The third kappa shape index (κ3) is 3.33. The van der Waals surface area contributed by atoms with Gasteiger partial charge in [0.25, 0.3) is 0 Å². The topological polar surface area (TPSA) is 39.2 Å². The molecule has 1 aliphatic carbocycles. The standard InChI is InChI=1S/C18H19NO2S/c1-3-12-6-11-16(19-18(12)21-2)17(20)13-4-7-14(8-5-13)22-15-9-10-15/h4-8,11,15H,3,9-10H2,1-2H3. The second kappa shape index (κ2) is 6.53. The summed E-state index contributed by atoms with van der Waals surface area (Å²) in [7, 11) is 1.58. The molecule has 3 nitrogen and oxygen atoms in total. The van der Waals surface area contributed by atoms with Crippen LogP contribution in [0, 0.1) is 0 Å². The van der Waals surface area contributed by atoms with Crippen LogP contribution in [-0.4, -0.2) is 23.1 Å². The highest BCUT2D eigenvalue weighted by Crippen LogP contribution is 2.39. The maximum atomic E-state index is 12.5. The number of ketones is 1. The zero-order valence-electron chi connectivity index (χ0n) is 12.8. The minimum absolute atomic E-state index is 0.0658. The minimum atomic E-state index is -0.0658. The predicted molar refractivity (Wildman–Crippen MR) is 88.9 cm³/mol. The number of carbonyl (C=O) groups excluding carboxylic acids is 1. The van der Waals surface area contributed by atoms with Gasteiger partial charge in [0, 0.05) is 21.3 Å². The number of aryl methyl sites for hydroxylation is 1. The number of benzene rings is 1. The van der Waals surface area contributed by atoms with E-state index in [1.54, 1.807) is 13.2 Å². The van der Waals surface area contributed by atoms with E-state index in [-0.39, 0.29) is 5.78 Å². The molecule has 4 heteroatoms. The molecule has 0 amide bonds. The van der Waals surface area contributed by atoms with Gasteiger partial charge < -0.3 is 4.74 Å². The highest BCUT2D eigenvalue weighted by molar-refractivity contribution is 8.00. The van der Waals surface area contributed by atoms with Gasteiger partial charge in [-0.1, -0.05) is 13.0 Å². The van der Waals surface area contributed by atoms with Crippen molar-refractivity contribution in [3.63, 3.8) is 0 Å². The zero-order valence-corrected chi connectivity index (χ0v) is 13.7. The fraction of sp³-hybridized carbons (Fsp3) is 0.333. The lowest BCUT2D eigenvalue weighted by Gasteiger charge is -2.08. The van der Waals surface area contributed by atoms with Crippen molar-refractivity contribution < 1.29 is 9.53 Å². The summed E-state index contributed by atoms with van der Waals surface area (Å²) in [5.41, 5.74) is 2.10. The lowest BCUT2D eigenvalue weighted by molar-refractivity contribution is 0.103. The van der Waals surface area contributed by atoms with E-state index < -0.39 is 0 Å². The fourth-order valence-electron chi connectivity index (χ4n) is 2.25. The molecular weight excluding hydrogens is 294 g/mol. The summed E-state index contributed by atoms with van der Waals surface area (Å²) in [5, 5.41) is 0.772. The lowest BCUT2D eigenvalue weighted by atomic mass is 10.1. The van der Waals surface area contributed by atoms with Crippen LogP contribution in [0.5, 0.6) is 5.88 Å². The molecule has 1 aromatic heterocycles. The molecular formula is C18H19NO2S. The first-order chi connectivity index (χ1) is 10.7. The highest BCUT2D eigenvalue weighted by Gasteiger charge is 2.22. The van der Waals surface area contributed by atoms with E-state index >= 15 is 0 Å². The van der Waals surface area contributed by atoms with E-state index in [1.807, 2.05) is 49.0 Å². The normalized spacial score (nSPS) is 13.9. The zero-order chi connectivity index (χ0) is 15.5. The Morgan fingerprint density at radius 3 is 2.55 bits per heavy atom. The Hall–Kier alpha value is -1.81. The first-order valence-electron chi connectivity index (χ1n) is 7.56. The molecule has 114 valence electrons. The van der Waals surface area contributed by atoms with Gasteiger partial charge in [-0.05, 0) is 49.6 Å². The first kappa shape index (κ1) is 15.1. The Kier molecular flexibility index (Phi) is 4.48. The van der Waals surface area contributed by atoms with Crippen molar-refractivity contribution in [1.82, 2.24) is 4.98 Å². The largest absolute Gasteiger partial charge is 0.481 e. The Balaban J connectivity index is 1.80. The van der Waals surface area contributed by atoms with Gasteiger partial charge in [0.1, 0.15) is 5.69 Å². The van der Waals surface area contributed by atoms with Gasteiger partial charge in [-0.25, -0.2) is 4.98 Å². The van der Waals surface area contributed by atoms with Gasteiger partial charge in [0.05, 0.1) is 7.11 Å². The van der Waals surface area contributed by atoms with Crippen LogP contribution < -0.4 is 4.74 Å². The third-order valence-electron chi connectivity index (χ3n) is 3.69. The number of rotatable bonds is 6. The van der Waals surface area contributed by atoms with Crippen LogP contribution >= 0.6 is 11.8 Å². The molecule has 0 bridgehead atoms. The monoisotopic (exact) mass is 313 g/mol. The molecule has 3 rings (SSSR count). The molecule has 0 N–H and O–H groups in total. The summed E-state index contributed by atoms with van der Waals surface area (Å²) in [6.07, 6.45) is 3.44. The van der Waals surface area contributed by atoms with Crippen LogP contribution in [0.15, 0.2) is 41.3 Å². The van der Waals surface area contributed by atoms with Crippen LogP contribution in [0.4, 0.5) is 0 Å². The SMILES string of the molecule is CCc1ccc(C(=O)c2ccc(SC3CC3)cc2)nc1OC. The Morgan fingerprint density at radius 2 is 1.95 bits per heavy atom. The molecule has 1 heterocycles. The molecule has 1 fully saturated rings. The van der Waals surface area contributed by atoms with Gasteiger partial charge in [0.2, 0.25) is 11.7 Å². The minimum Gasteiger partial charge on any atom is -0.481 e. The van der Waals surface area contributed by atoms with E-state index in [0.29, 0.717) is 17.1 Å². The predicted octanol–water partition coefficient (Wildman–Crippen LogP) is 4.14. The summed E-state index contributed by atoms with van der Waals surface area (Å²) in [5.74, 6) is 0.471. The molecule has 0 radical (unpaired) electrons. The third-order valence-corrected chi connectivity index (χ3v) is 5.04. The molecule has 1 aliphatic rings. The summed E-state index contributed by atoms with van der Waals surface area (Å²) < 4.78 is 5.27. The maximum Gasteiger partial charge on any atom is 0.216 e. The number of hydrogen-bond acceptors (Lipinski definition) is 4. The number of carbonyl (C=O) groups is 1. The van der Waals surface area contributed by atoms with Crippen molar-refractivity contribution in [2.45, 2.75) is 36.3 Å². The van der Waals surface area contributed by atoms with Crippen molar-refractivity contribution in [2.75, 3.05) is 7.11 Å².